The molecule has 2 aliphatic rings. The van der Waals surface area contributed by atoms with Crippen LogP contribution < -0.4 is 0 Å². The first-order valence-electron chi connectivity index (χ1n) is 8.56. The predicted molar refractivity (Wildman–Crippen MR) is 86.2 cm³/mol. The van der Waals surface area contributed by atoms with E-state index in [1.54, 1.807) is 13.3 Å². The number of ether oxygens (including phenoxy) is 1. The van der Waals surface area contributed by atoms with Crippen LogP contribution in [-0.4, -0.2) is 58.1 Å². The minimum atomic E-state index is -0.293. The molecule has 23 heavy (non-hydrogen) atoms. The van der Waals surface area contributed by atoms with Gasteiger partial charge in [-0.3, -0.25) is 9.48 Å². The highest BCUT2D eigenvalue weighted by Crippen LogP contribution is 2.50. The van der Waals surface area contributed by atoms with Crippen LogP contribution in [0, 0.1) is 12.3 Å². The Labute approximate surface area is 137 Å². The number of amides is 1. The van der Waals surface area contributed by atoms with Crippen molar-refractivity contribution in [1.29, 1.82) is 0 Å². The summed E-state index contributed by atoms with van der Waals surface area (Å²) in [5.74, 6) is 0.0579. The normalized spacial score (nSPS) is 26.3. The molecule has 2 fully saturated rings. The third-order valence-corrected chi connectivity index (χ3v) is 5.78. The molecular formula is C17H27N3O3. The van der Waals surface area contributed by atoms with Crippen molar-refractivity contribution in [3.8, 4) is 0 Å². The van der Waals surface area contributed by atoms with Gasteiger partial charge >= 0.3 is 0 Å². The first-order valence-corrected chi connectivity index (χ1v) is 8.56. The van der Waals surface area contributed by atoms with Crippen molar-refractivity contribution in [3.63, 3.8) is 0 Å². The summed E-state index contributed by atoms with van der Waals surface area (Å²) in [6, 6.07) is 0. The minimum absolute atomic E-state index is 0.0579. The zero-order valence-corrected chi connectivity index (χ0v) is 14.3. The Balaban J connectivity index is 1.67. The van der Waals surface area contributed by atoms with E-state index in [1.165, 1.54) is 0 Å². The highest BCUT2D eigenvalue weighted by atomic mass is 16.5. The van der Waals surface area contributed by atoms with Crippen molar-refractivity contribution in [2.75, 3.05) is 20.2 Å². The molecule has 6 nitrogen and oxygen atoms in total. The van der Waals surface area contributed by atoms with E-state index in [9.17, 15) is 9.90 Å². The zero-order valence-electron chi connectivity index (χ0n) is 14.3. The van der Waals surface area contributed by atoms with Crippen molar-refractivity contribution in [3.05, 3.63) is 17.5 Å². The number of methoxy groups -OCH3 is 1. The van der Waals surface area contributed by atoms with Crippen molar-refractivity contribution in [1.82, 2.24) is 14.7 Å². The molecule has 1 saturated heterocycles. The SMILES string of the molecule is CCCn1ncc(C(=O)N2CCC3(CC2)[C@H](O)C[C@@H]3OC)c1C. The second kappa shape index (κ2) is 6.24. The standard InChI is InChI=1S/C17H27N3O3/c1-4-7-20-12(2)13(11-18-20)16(22)19-8-5-17(6-9-19)14(21)10-15(17)23-3/h11,14-15,21H,4-10H2,1-3H3/t14-,15+/m1/s1. The summed E-state index contributed by atoms with van der Waals surface area (Å²) in [5, 5.41) is 14.5. The van der Waals surface area contributed by atoms with Crippen LogP contribution in [0.4, 0.5) is 0 Å². The van der Waals surface area contributed by atoms with Gasteiger partial charge in [-0.15, -0.1) is 0 Å². The number of nitrogens with zero attached hydrogens (tertiary/aromatic N) is 3. The van der Waals surface area contributed by atoms with Gasteiger partial charge in [0.15, 0.2) is 0 Å². The molecule has 1 saturated carbocycles. The highest BCUT2D eigenvalue weighted by Gasteiger charge is 2.56. The number of aliphatic hydroxyl groups excluding tert-OH is 1. The monoisotopic (exact) mass is 321 g/mol. The van der Waals surface area contributed by atoms with Crippen LogP contribution in [0.3, 0.4) is 0 Å². The molecule has 0 bridgehead atoms. The van der Waals surface area contributed by atoms with E-state index in [2.05, 4.69) is 12.0 Å². The Kier molecular flexibility index (Phi) is 4.47. The summed E-state index contributed by atoms with van der Waals surface area (Å²) in [6.45, 7) is 6.24. The molecule has 1 amide bonds. The van der Waals surface area contributed by atoms with Gasteiger partial charge in [-0.25, -0.2) is 0 Å². The molecular weight excluding hydrogens is 294 g/mol. The second-order valence-corrected chi connectivity index (χ2v) is 6.87. The van der Waals surface area contributed by atoms with Crippen LogP contribution in [0.2, 0.25) is 0 Å². The lowest BCUT2D eigenvalue weighted by Gasteiger charge is -2.56. The van der Waals surface area contributed by atoms with E-state index >= 15 is 0 Å². The van der Waals surface area contributed by atoms with E-state index < -0.39 is 0 Å². The van der Waals surface area contributed by atoms with Gasteiger partial charge in [-0.1, -0.05) is 6.92 Å². The van der Waals surface area contributed by atoms with E-state index in [1.807, 2.05) is 16.5 Å². The Bertz CT molecular complexity index is 576. The number of aliphatic hydroxyl groups is 1. The Morgan fingerprint density at radius 1 is 1.48 bits per heavy atom. The van der Waals surface area contributed by atoms with Gasteiger partial charge in [-0.2, -0.15) is 5.10 Å². The van der Waals surface area contributed by atoms with Crippen LogP contribution in [0.25, 0.3) is 0 Å². The van der Waals surface area contributed by atoms with E-state index in [4.69, 9.17) is 4.74 Å². The van der Waals surface area contributed by atoms with E-state index in [0.717, 1.165) is 31.5 Å². The van der Waals surface area contributed by atoms with Crippen LogP contribution in [0.5, 0.6) is 0 Å². The summed E-state index contributed by atoms with van der Waals surface area (Å²) < 4.78 is 7.40. The largest absolute Gasteiger partial charge is 0.392 e. The molecule has 1 aliphatic carbocycles. The third kappa shape index (κ3) is 2.58. The average molecular weight is 321 g/mol. The fourth-order valence-corrected chi connectivity index (χ4v) is 4.10. The van der Waals surface area contributed by atoms with E-state index in [-0.39, 0.29) is 23.5 Å². The fourth-order valence-electron chi connectivity index (χ4n) is 4.10. The van der Waals surface area contributed by atoms with Crippen molar-refractivity contribution in [2.24, 2.45) is 5.41 Å². The molecule has 3 rings (SSSR count). The molecule has 0 aromatic carbocycles. The first-order chi connectivity index (χ1) is 11.0. The van der Waals surface area contributed by atoms with Gasteiger partial charge in [0, 0.05) is 44.3 Å². The number of carbonyl (C=O) groups excluding carboxylic acids is 1. The average Bonchev–Trinajstić information content (AvgIpc) is 2.93. The Morgan fingerprint density at radius 3 is 2.74 bits per heavy atom. The molecule has 0 radical (unpaired) electrons. The van der Waals surface area contributed by atoms with Crippen molar-refractivity contribution in [2.45, 2.75) is 58.3 Å². The summed E-state index contributed by atoms with van der Waals surface area (Å²) in [5.41, 5.74) is 1.50. The topological polar surface area (TPSA) is 67.6 Å². The van der Waals surface area contributed by atoms with Gasteiger partial charge in [0.2, 0.25) is 0 Å². The highest BCUT2D eigenvalue weighted by molar-refractivity contribution is 5.95. The molecule has 6 heteroatoms. The van der Waals surface area contributed by atoms with Crippen molar-refractivity contribution >= 4 is 5.91 Å². The lowest BCUT2D eigenvalue weighted by Crippen LogP contribution is -2.62. The fraction of sp³-hybridized carbons (Fsp3) is 0.765. The Morgan fingerprint density at radius 2 is 2.17 bits per heavy atom. The number of likely N-dealkylation sites (tertiary alicyclic amines) is 1. The van der Waals surface area contributed by atoms with Crippen LogP contribution in [-0.2, 0) is 11.3 Å². The smallest absolute Gasteiger partial charge is 0.257 e. The van der Waals surface area contributed by atoms with Gasteiger partial charge in [0.25, 0.3) is 5.91 Å². The molecule has 128 valence electrons. The number of hydrogen-bond donors (Lipinski definition) is 1. The van der Waals surface area contributed by atoms with E-state index in [0.29, 0.717) is 25.1 Å². The maximum absolute atomic E-state index is 12.8. The minimum Gasteiger partial charge on any atom is -0.392 e. The summed E-state index contributed by atoms with van der Waals surface area (Å²) in [4.78, 5) is 14.7. The molecule has 0 unspecified atom stereocenters. The zero-order chi connectivity index (χ0) is 16.6. The summed E-state index contributed by atoms with van der Waals surface area (Å²) in [7, 11) is 1.71. The first kappa shape index (κ1) is 16.5. The lowest BCUT2D eigenvalue weighted by atomic mass is 9.58. The number of carbonyl (C=O) groups is 1. The van der Waals surface area contributed by atoms with Gasteiger partial charge < -0.3 is 14.7 Å². The number of hydrogen-bond acceptors (Lipinski definition) is 4. The molecule has 1 aromatic rings. The second-order valence-electron chi connectivity index (χ2n) is 6.87. The molecule has 1 aromatic heterocycles. The number of aryl methyl sites for hydroxylation is 1. The maximum atomic E-state index is 12.8. The predicted octanol–water partition coefficient (Wildman–Crippen LogP) is 1.60. The molecule has 1 N–H and O–H groups in total. The Hall–Kier alpha value is -1.40. The van der Waals surface area contributed by atoms with Crippen LogP contribution in [0.1, 0.15) is 48.7 Å². The molecule has 1 aliphatic heterocycles. The van der Waals surface area contributed by atoms with Gasteiger partial charge in [0.1, 0.15) is 0 Å². The van der Waals surface area contributed by atoms with Crippen LogP contribution in [0.15, 0.2) is 6.20 Å². The number of piperidine rings is 1. The number of aromatic nitrogens is 2. The molecule has 1 spiro atoms. The third-order valence-electron chi connectivity index (χ3n) is 5.78. The molecule has 2 heterocycles. The molecule has 2 atom stereocenters. The summed E-state index contributed by atoms with van der Waals surface area (Å²) in [6.07, 6.45) is 4.85. The van der Waals surface area contributed by atoms with Gasteiger partial charge in [0.05, 0.1) is 24.0 Å². The number of rotatable bonds is 4. The maximum Gasteiger partial charge on any atom is 0.257 e. The lowest BCUT2D eigenvalue weighted by molar-refractivity contribution is -0.199. The quantitative estimate of drug-likeness (QED) is 0.915. The van der Waals surface area contributed by atoms with Gasteiger partial charge in [-0.05, 0) is 26.2 Å². The van der Waals surface area contributed by atoms with Crippen molar-refractivity contribution < 1.29 is 14.6 Å². The van der Waals surface area contributed by atoms with Crippen LogP contribution >= 0.6 is 0 Å². The summed E-state index contributed by atoms with van der Waals surface area (Å²) >= 11 is 0.